The van der Waals surface area contributed by atoms with E-state index in [0.717, 1.165) is 26.2 Å². The predicted octanol–water partition coefficient (Wildman–Crippen LogP) is 1.21. The van der Waals surface area contributed by atoms with Crippen LogP contribution in [-0.2, 0) is 9.53 Å². The van der Waals surface area contributed by atoms with Crippen LogP contribution in [0.5, 0.6) is 0 Å². The van der Waals surface area contributed by atoms with Gasteiger partial charge in [0.1, 0.15) is 0 Å². The number of hydrogen-bond acceptors (Lipinski definition) is 3. The Morgan fingerprint density at radius 2 is 2.20 bits per heavy atom. The zero-order chi connectivity index (χ0) is 11.5. The molecule has 0 aromatic carbocycles. The maximum atomic E-state index is 10.8. The molecule has 88 valence electrons. The van der Waals surface area contributed by atoms with Crippen molar-refractivity contribution in [3.63, 3.8) is 0 Å². The summed E-state index contributed by atoms with van der Waals surface area (Å²) in [6.45, 7) is 8.65. The normalized spacial score (nSPS) is 22.3. The zero-order valence-electron chi connectivity index (χ0n) is 9.82. The Morgan fingerprint density at radius 1 is 1.53 bits per heavy atom. The van der Waals surface area contributed by atoms with E-state index in [1.54, 1.807) is 0 Å². The predicted molar refractivity (Wildman–Crippen MR) is 57.9 cm³/mol. The van der Waals surface area contributed by atoms with Crippen LogP contribution in [0.25, 0.3) is 0 Å². The van der Waals surface area contributed by atoms with E-state index in [4.69, 9.17) is 9.84 Å². The van der Waals surface area contributed by atoms with Crippen molar-refractivity contribution in [2.24, 2.45) is 5.92 Å². The topological polar surface area (TPSA) is 49.8 Å². The second kappa shape index (κ2) is 4.94. The summed E-state index contributed by atoms with van der Waals surface area (Å²) in [6, 6.07) is 0. The van der Waals surface area contributed by atoms with Crippen molar-refractivity contribution in [2.75, 3.05) is 26.3 Å². The van der Waals surface area contributed by atoms with Gasteiger partial charge >= 0.3 is 5.97 Å². The molecule has 1 unspecified atom stereocenters. The highest BCUT2D eigenvalue weighted by Crippen LogP contribution is 2.19. The summed E-state index contributed by atoms with van der Waals surface area (Å²) in [4.78, 5) is 12.8. The molecule has 1 rings (SSSR count). The van der Waals surface area contributed by atoms with Crippen LogP contribution in [0.2, 0.25) is 0 Å². The van der Waals surface area contributed by atoms with Gasteiger partial charge in [-0.25, -0.2) is 0 Å². The second-order valence-electron chi connectivity index (χ2n) is 5.17. The smallest absolute Gasteiger partial charge is 0.317 e. The fraction of sp³-hybridized carbons (Fsp3) is 0.909. The molecular formula is C11H21NO3. The summed E-state index contributed by atoms with van der Waals surface area (Å²) in [5.41, 5.74) is -0.0962. The first-order valence-corrected chi connectivity index (χ1v) is 5.44. The Balaban J connectivity index is 2.51. The van der Waals surface area contributed by atoms with Crippen LogP contribution >= 0.6 is 0 Å². The minimum Gasteiger partial charge on any atom is -0.480 e. The Bertz CT molecular complexity index is 216. The van der Waals surface area contributed by atoms with Crippen LogP contribution in [0.4, 0.5) is 0 Å². The summed E-state index contributed by atoms with van der Waals surface area (Å²) < 4.78 is 5.30. The zero-order valence-corrected chi connectivity index (χ0v) is 9.82. The van der Waals surface area contributed by atoms with Gasteiger partial charge in [0.05, 0.1) is 13.2 Å². The molecule has 0 aliphatic carbocycles. The van der Waals surface area contributed by atoms with Gasteiger partial charge in [0.15, 0.2) is 0 Å². The molecule has 1 aliphatic rings. The number of rotatable bonds is 4. The molecule has 0 amide bonds. The molecule has 1 heterocycles. The monoisotopic (exact) mass is 215 g/mol. The average molecular weight is 215 g/mol. The van der Waals surface area contributed by atoms with Gasteiger partial charge in [-0.1, -0.05) is 0 Å². The summed E-state index contributed by atoms with van der Waals surface area (Å²) >= 11 is 0. The van der Waals surface area contributed by atoms with Gasteiger partial charge in [-0.3, -0.25) is 9.69 Å². The quantitative estimate of drug-likeness (QED) is 0.765. The number of nitrogens with zero attached hydrogens (tertiary/aromatic N) is 1. The lowest BCUT2D eigenvalue weighted by Gasteiger charge is -2.35. The van der Waals surface area contributed by atoms with Crippen LogP contribution in [0.1, 0.15) is 27.2 Å². The molecule has 1 N–H and O–H groups in total. The highest BCUT2D eigenvalue weighted by molar-refractivity contribution is 5.69. The standard InChI is InChI=1S/C11H21NO3/c1-11(2,3)12(7-10(13)14)6-9-4-5-15-8-9/h9H,4-8H2,1-3H3,(H,13,14). The third-order valence-corrected chi connectivity index (χ3v) is 2.78. The molecule has 0 radical (unpaired) electrons. The fourth-order valence-corrected chi connectivity index (χ4v) is 1.78. The number of hydrogen-bond donors (Lipinski definition) is 1. The van der Waals surface area contributed by atoms with Crippen LogP contribution in [0.3, 0.4) is 0 Å². The van der Waals surface area contributed by atoms with Crippen molar-refractivity contribution in [3.05, 3.63) is 0 Å². The van der Waals surface area contributed by atoms with Gasteiger partial charge in [0.25, 0.3) is 0 Å². The highest BCUT2D eigenvalue weighted by atomic mass is 16.5. The van der Waals surface area contributed by atoms with Gasteiger partial charge in [-0.05, 0) is 33.1 Å². The van der Waals surface area contributed by atoms with E-state index in [0.29, 0.717) is 5.92 Å². The van der Waals surface area contributed by atoms with Crippen molar-refractivity contribution < 1.29 is 14.6 Å². The molecule has 1 saturated heterocycles. The third kappa shape index (κ3) is 4.18. The maximum Gasteiger partial charge on any atom is 0.317 e. The van der Waals surface area contributed by atoms with E-state index in [9.17, 15) is 4.79 Å². The van der Waals surface area contributed by atoms with Crippen LogP contribution in [0, 0.1) is 5.92 Å². The van der Waals surface area contributed by atoms with E-state index in [1.807, 2.05) is 25.7 Å². The molecule has 15 heavy (non-hydrogen) atoms. The first-order chi connectivity index (χ1) is 6.89. The van der Waals surface area contributed by atoms with E-state index in [1.165, 1.54) is 0 Å². The fourth-order valence-electron chi connectivity index (χ4n) is 1.78. The van der Waals surface area contributed by atoms with Crippen molar-refractivity contribution in [1.29, 1.82) is 0 Å². The molecule has 1 fully saturated rings. The minimum atomic E-state index is -0.760. The molecule has 0 bridgehead atoms. The lowest BCUT2D eigenvalue weighted by atomic mass is 10.0. The average Bonchev–Trinajstić information content (AvgIpc) is 2.53. The van der Waals surface area contributed by atoms with Gasteiger partial charge in [-0.15, -0.1) is 0 Å². The van der Waals surface area contributed by atoms with Gasteiger partial charge in [0.2, 0.25) is 0 Å². The Kier molecular flexibility index (Phi) is 4.11. The second-order valence-corrected chi connectivity index (χ2v) is 5.17. The molecule has 4 heteroatoms. The first kappa shape index (κ1) is 12.5. The van der Waals surface area contributed by atoms with E-state index in [-0.39, 0.29) is 12.1 Å². The summed E-state index contributed by atoms with van der Waals surface area (Å²) in [6.07, 6.45) is 1.05. The minimum absolute atomic E-state index is 0.0962. The van der Waals surface area contributed by atoms with E-state index in [2.05, 4.69) is 0 Å². The van der Waals surface area contributed by atoms with Crippen molar-refractivity contribution >= 4 is 5.97 Å². The number of carbonyl (C=O) groups is 1. The number of aliphatic carboxylic acids is 1. The van der Waals surface area contributed by atoms with E-state index < -0.39 is 5.97 Å². The summed E-state index contributed by atoms with van der Waals surface area (Å²) in [7, 11) is 0. The molecule has 4 nitrogen and oxygen atoms in total. The maximum absolute atomic E-state index is 10.8. The summed E-state index contributed by atoms with van der Waals surface area (Å²) in [5.74, 6) is -0.271. The molecule has 0 aromatic heterocycles. The Morgan fingerprint density at radius 3 is 2.60 bits per heavy atom. The molecule has 0 saturated carbocycles. The first-order valence-electron chi connectivity index (χ1n) is 5.44. The van der Waals surface area contributed by atoms with Gasteiger partial charge < -0.3 is 9.84 Å². The van der Waals surface area contributed by atoms with Crippen LogP contribution in [0.15, 0.2) is 0 Å². The third-order valence-electron chi connectivity index (χ3n) is 2.78. The highest BCUT2D eigenvalue weighted by Gasteiger charge is 2.27. The Hall–Kier alpha value is -0.610. The number of carboxylic acids is 1. The van der Waals surface area contributed by atoms with Crippen LogP contribution in [-0.4, -0.2) is 47.8 Å². The van der Waals surface area contributed by atoms with Gasteiger partial charge in [-0.2, -0.15) is 0 Å². The van der Waals surface area contributed by atoms with E-state index >= 15 is 0 Å². The van der Waals surface area contributed by atoms with Crippen molar-refractivity contribution in [1.82, 2.24) is 4.90 Å². The summed E-state index contributed by atoms with van der Waals surface area (Å²) in [5, 5.41) is 8.85. The van der Waals surface area contributed by atoms with Crippen molar-refractivity contribution in [2.45, 2.75) is 32.7 Å². The van der Waals surface area contributed by atoms with Gasteiger partial charge in [0, 0.05) is 18.7 Å². The molecule has 0 spiro atoms. The van der Waals surface area contributed by atoms with Crippen molar-refractivity contribution in [3.8, 4) is 0 Å². The number of carboxylic acid groups (broad SMARTS) is 1. The molecule has 1 atom stereocenters. The number of ether oxygens (including phenoxy) is 1. The molecule has 0 aromatic rings. The Labute approximate surface area is 91.2 Å². The van der Waals surface area contributed by atoms with Crippen LogP contribution < -0.4 is 0 Å². The SMILES string of the molecule is CC(C)(C)N(CC(=O)O)CC1CCOC1. The lowest BCUT2D eigenvalue weighted by molar-refractivity contribution is -0.140. The lowest BCUT2D eigenvalue weighted by Crippen LogP contribution is -2.46. The largest absolute Gasteiger partial charge is 0.480 e. The molecule has 1 aliphatic heterocycles. The molecular weight excluding hydrogens is 194 g/mol.